The monoisotopic (exact) mass is 414 g/mol. The molecule has 5 N–H and O–H groups in total. The summed E-state index contributed by atoms with van der Waals surface area (Å²) in [6.07, 6.45) is 7.33. The Morgan fingerprint density at radius 1 is 1.33 bits per heavy atom. The van der Waals surface area contributed by atoms with Gasteiger partial charge >= 0.3 is 0 Å². The lowest BCUT2D eigenvalue weighted by Crippen LogP contribution is -2.49. The van der Waals surface area contributed by atoms with Crippen molar-refractivity contribution in [3.05, 3.63) is 24.0 Å². The second-order valence-electron chi connectivity index (χ2n) is 8.87. The van der Waals surface area contributed by atoms with E-state index in [1.54, 1.807) is 4.90 Å². The Labute approximate surface area is 176 Å². The molecule has 1 aromatic heterocycles. The number of hydrogen-bond donors (Lipinski definition) is 4. The first-order valence-electron chi connectivity index (χ1n) is 10.3. The van der Waals surface area contributed by atoms with Crippen molar-refractivity contribution in [2.24, 2.45) is 11.1 Å². The third-order valence-corrected chi connectivity index (χ3v) is 5.96. The zero-order chi connectivity index (χ0) is 21.9. The number of carbonyl (C=O) groups excluding carboxylic acids is 3. The lowest BCUT2D eigenvalue weighted by molar-refractivity contribution is -0.137. The second kappa shape index (κ2) is 8.81. The van der Waals surface area contributed by atoms with Crippen molar-refractivity contribution in [3.63, 3.8) is 0 Å². The summed E-state index contributed by atoms with van der Waals surface area (Å²) >= 11 is 0. The first-order valence-corrected chi connectivity index (χ1v) is 10.3. The molecule has 0 radical (unpaired) electrons. The SMILES string of the molecule is CC1(C)CCC(NC(=O)[C@@H]2CCCN2C(=O)CNc2cnccc2C(=N)C(N)=O)C1. The molecule has 30 heavy (non-hydrogen) atoms. The standard InChI is InChI=1S/C21H30N6O3/c1-21(2)7-5-13(10-21)26-20(30)16-4-3-9-27(16)17(28)12-25-15-11-24-8-6-14(15)18(22)19(23)29/h6,8,11,13,16,22,25H,3-5,7,9-10,12H2,1-2H3,(H2,23,29)(H,26,30)/t13?,16-/m0/s1. The molecule has 0 aromatic carbocycles. The van der Waals surface area contributed by atoms with E-state index in [0.717, 1.165) is 25.7 Å². The van der Waals surface area contributed by atoms with Gasteiger partial charge in [0.2, 0.25) is 11.8 Å². The van der Waals surface area contributed by atoms with Crippen LogP contribution in [0.25, 0.3) is 0 Å². The Morgan fingerprint density at radius 2 is 2.10 bits per heavy atom. The summed E-state index contributed by atoms with van der Waals surface area (Å²) in [7, 11) is 0. The highest BCUT2D eigenvalue weighted by atomic mass is 16.2. The topological polar surface area (TPSA) is 141 Å². The van der Waals surface area contributed by atoms with E-state index in [2.05, 4.69) is 29.5 Å². The normalized spacial score (nSPS) is 22.5. The van der Waals surface area contributed by atoms with Gasteiger partial charge in [0.15, 0.2) is 0 Å². The molecule has 0 spiro atoms. The summed E-state index contributed by atoms with van der Waals surface area (Å²) < 4.78 is 0. The van der Waals surface area contributed by atoms with Crippen LogP contribution in [-0.4, -0.2) is 58.5 Å². The van der Waals surface area contributed by atoms with Gasteiger partial charge in [0.1, 0.15) is 11.8 Å². The number of hydrogen-bond acceptors (Lipinski definition) is 6. The molecule has 2 fully saturated rings. The molecule has 1 saturated carbocycles. The number of rotatable bonds is 7. The molecule has 3 rings (SSSR count). The van der Waals surface area contributed by atoms with Gasteiger partial charge in [-0.15, -0.1) is 0 Å². The molecular formula is C21H30N6O3. The number of anilines is 1. The highest BCUT2D eigenvalue weighted by molar-refractivity contribution is 6.44. The Bertz CT molecular complexity index is 853. The fraction of sp³-hybridized carbons (Fsp3) is 0.571. The maximum Gasteiger partial charge on any atom is 0.267 e. The number of pyridine rings is 1. The van der Waals surface area contributed by atoms with Crippen LogP contribution in [0.5, 0.6) is 0 Å². The van der Waals surface area contributed by atoms with Gasteiger partial charge in [-0.2, -0.15) is 0 Å². The third kappa shape index (κ3) is 4.95. The molecule has 162 valence electrons. The lowest BCUT2D eigenvalue weighted by Gasteiger charge is -2.26. The first-order chi connectivity index (χ1) is 14.2. The number of likely N-dealkylation sites (tertiary alicyclic amines) is 1. The summed E-state index contributed by atoms with van der Waals surface area (Å²) in [5, 5.41) is 13.9. The van der Waals surface area contributed by atoms with Crippen LogP contribution in [0, 0.1) is 10.8 Å². The maximum atomic E-state index is 12.8. The maximum absolute atomic E-state index is 12.8. The molecule has 2 aliphatic rings. The van der Waals surface area contributed by atoms with Gasteiger partial charge in [0.25, 0.3) is 5.91 Å². The Kier molecular flexibility index (Phi) is 6.38. The van der Waals surface area contributed by atoms with E-state index in [0.29, 0.717) is 18.7 Å². The summed E-state index contributed by atoms with van der Waals surface area (Å²) in [6, 6.07) is 1.20. The second-order valence-corrected chi connectivity index (χ2v) is 8.87. The smallest absolute Gasteiger partial charge is 0.267 e. The fourth-order valence-electron chi connectivity index (χ4n) is 4.35. The number of carbonyl (C=O) groups is 3. The minimum Gasteiger partial charge on any atom is -0.374 e. The minimum absolute atomic E-state index is 0.0645. The van der Waals surface area contributed by atoms with E-state index in [1.165, 1.54) is 18.5 Å². The van der Waals surface area contributed by atoms with Crippen LogP contribution in [0.1, 0.15) is 51.5 Å². The number of nitrogens with zero attached hydrogens (tertiary/aromatic N) is 2. The van der Waals surface area contributed by atoms with Crippen LogP contribution in [0.3, 0.4) is 0 Å². The molecule has 2 atom stereocenters. The van der Waals surface area contributed by atoms with Gasteiger partial charge in [-0.1, -0.05) is 13.8 Å². The number of amides is 3. The van der Waals surface area contributed by atoms with Crippen molar-refractivity contribution in [3.8, 4) is 0 Å². The predicted octanol–water partition coefficient (Wildman–Crippen LogP) is 1.03. The molecule has 9 nitrogen and oxygen atoms in total. The van der Waals surface area contributed by atoms with Gasteiger partial charge in [-0.3, -0.25) is 24.8 Å². The van der Waals surface area contributed by atoms with E-state index >= 15 is 0 Å². The number of nitrogens with two attached hydrogens (primary N) is 1. The van der Waals surface area contributed by atoms with Gasteiger partial charge in [-0.25, -0.2) is 0 Å². The molecule has 2 heterocycles. The molecule has 1 aromatic rings. The Balaban J connectivity index is 1.60. The zero-order valence-electron chi connectivity index (χ0n) is 17.5. The van der Waals surface area contributed by atoms with Crippen LogP contribution in [0.4, 0.5) is 5.69 Å². The molecular weight excluding hydrogens is 384 g/mol. The van der Waals surface area contributed by atoms with Crippen LogP contribution in [0.15, 0.2) is 18.5 Å². The fourth-order valence-corrected chi connectivity index (χ4v) is 4.35. The molecule has 0 bridgehead atoms. The molecule has 1 unspecified atom stereocenters. The van der Waals surface area contributed by atoms with E-state index in [4.69, 9.17) is 11.1 Å². The van der Waals surface area contributed by atoms with Crippen molar-refractivity contribution in [2.75, 3.05) is 18.4 Å². The predicted molar refractivity (Wildman–Crippen MR) is 113 cm³/mol. The lowest BCUT2D eigenvalue weighted by atomic mass is 9.92. The number of aromatic nitrogens is 1. The highest BCUT2D eigenvalue weighted by Crippen LogP contribution is 2.37. The van der Waals surface area contributed by atoms with Crippen molar-refractivity contribution in [1.82, 2.24) is 15.2 Å². The van der Waals surface area contributed by atoms with Crippen LogP contribution < -0.4 is 16.4 Å². The molecule has 1 aliphatic carbocycles. The molecule has 1 saturated heterocycles. The van der Waals surface area contributed by atoms with Gasteiger partial charge in [0.05, 0.1) is 18.4 Å². The summed E-state index contributed by atoms with van der Waals surface area (Å²) in [5.41, 5.74) is 5.74. The first kappa shape index (κ1) is 21.7. The summed E-state index contributed by atoms with van der Waals surface area (Å²) in [6.45, 7) is 4.89. The van der Waals surface area contributed by atoms with E-state index in [9.17, 15) is 14.4 Å². The van der Waals surface area contributed by atoms with Crippen molar-refractivity contribution in [2.45, 2.75) is 58.0 Å². The average Bonchev–Trinajstić information content (AvgIpc) is 3.32. The van der Waals surface area contributed by atoms with E-state index in [-0.39, 0.29) is 41.1 Å². The molecule has 3 amide bonds. The van der Waals surface area contributed by atoms with Gasteiger partial charge in [0, 0.05) is 24.3 Å². The number of nitrogens with one attached hydrogen (secondary N) is 3. The summed E-state index contributed by atoms with van der Waals surface area (Å²) in [4.78, 5) is 42.5. The number of primary amides is 1. The van der Waals surface area contributed by atoms with Crippen molar-refractivity contribution >= 4 is 29.1 Å². The van der Waals surface area contributed by atoms with E-state index < -0.39 is 11.9 Å². The Hall–Kier alpha value is -2.97. The van der Waals surface area contributed by atoms with Crippen LogP contribution >= 0.6 is 0 Å². The van der Waals surface area contributed by atoms with Crippen molar-refractivity contribution in [1.29, 1.82) is 5.41 Å². The average molecular weight is 415 g/mol. The molecule has 9 heteroatoms. The highest BCUT2D eigenvalue weighted by Gasteiger charge is 2.37. The van der Waals surface area contributed by atoms with Crippen LogP contribution in [-0.2, 0) is 14.4 Å². The van der Waals surface area contributed by atoms with Gasteiger partial charge in [-0.05, 0) is 43.6 Å². The minimum atomic E-state index is -0.859. The van der Waals surface area contributed by atoms with E-state index in [1.807, 2.05) is 0 Å². The summed E-state index contributed by atoms with van der Waals surface area (Å²) in [5.74, 6) is -1.15. The largest absolute Gasteiger partial charge is 0.374 e. The van der Waals surface area contributed by atoms with Crippen LogP contribution in [0.2, 0.25) is 0 Å². The van der Waals surface area contributed by atoms with Crippen molar-refractivity contribution < 1.29 is 14.4 Å². The molecule has 1 aliphatic heterocycles. The third-order valence-electron chi connectivity index (χ3n) is 5.96. The zero-order valence-corrected chi connectivity index (χ0v) is 17.5. The quantitative estimate of drug-likeness (QED) is 0.493. The Morgan fingerprint density at radius 3 is 2.77 bits per heavy atom. The van der Waals surface area contributed by atoms with Gasteiger partial charge < -0.3 is 21.3 Å².